The number of benzene rings is 1. The number of rotatable bonds is 7. The average Bonchev–Trinajstić information content (AvgIpc) is 3.35. The van der Waals surface area contributed by atoms with Gasteiger partial charge in [-0.3, -0.25) is 9.59 Å². The van der Waals surface area contributed by atoms with Crippen LogP contribution in [0.25, 0.3) is 0 Å². The molecule has 1 aromatic rings. The minimum atomic E-state index is -0.413. The maximum atomic E-state index is 12.8. The van der Waals surface area contributed by atoms with E-state index in [1.165, 1.54) is 7.11 Å². The van der Waals surface area contributed by atoms with Gasteiger partial charge in [-0.1, -0.05) is 30.3 Å². The lowest BCUT2D eigenvalue weighted by atomic mass is 9.94. The molecule has 5 heteroatoms. The van der Waals surface area contributed by atoms with Crippen LogP contribution in [0, 0.1) is 5.92 Å². The van der Waals surface area contributed by atoms with Crippen LogP contribution in [0.2, 0.25) is 0 Å². The third-order valence-corrected chi connectivity index (χ3v) is 4.56. The quantitative estimate of drug-likeness (QED) is 0.772. The van der Waals surface area contributed by atoms with Gasteiger partial charge in [0.2, 0.25) is 5.91 Å². The minimum Gasteiger partial charge on any atom is -0.469 e. The maximum absolute atomic E-state index is 12.8. The second-order valence-corrected chi connectivity index (χ2v) is 5.99. The lowest BCUT2D eigenvalue weighted by Crippen LogP contribution is -2.47. The molecule has 0 aliphatic heterocycles. The van der Waals surface area contributed by atoms with Gasteiger partial charge in [0.1, 0.15) is 0 Å². The topological polar surface area (TPSA) is 72.6 Å². The van der Waals surface area contributed by atoms with Crippen LogP contribution in [-0.4, -0.2) is 43.0 Å². The zero-order valence-corrected chi connectivity index (χ0v) is 13.2. The van der Waals surface area contributed by atoms with E-state index >= 15 is 0 Å². The molecule has 1 aromatic carbocycles. The monoisotopic (exact) mass is 304 g/mol. The Hall–Kier alpha value is -1.88. The van der Waals surface area contributed by atoms with Gasteiger partial charge >= 0.3 is 5.97 Å². The molecule has 1 amide bonds. The minimum absolute atomic E-state index is 0.0304. The Morgan fingerprint density at radius 3 is 2.45 bits per heavy atom. The molecule has 1 fully saturated rings. The Morgan fingerprint density at radius 1 is 1.32 bits per heavy atom. The zero-order chi connectivity index (χ0) is 16.2. The van der Waals surface area contributed by atoms with Gasteiger partial charge in [0, 0.05) is 13.6 Å². The number of hydrogen-bond donors (Lipinski definition) is 1. The van der Waals surface area contributed by atoms with Gasteiger partial charge in [-0.15, -0.1) is 0 Å². The van der Waals surface area contributed by atoms with Crippen molar-refractivity contribution >= 4 is 11.9 Å². The third-order valence-electron chi connectivity index (χ3n) is 4.56. The van der Waals surface area contributed by atoms with E-state index in [1.807, 2.05) is 30.3 Å². The lowest BCUT2D eigenvalue weighted by molar-refractivity contribution is -0.147. The number of likely N-dealkylation sites (N-methyl/N-ethyl adjacent to an activating group) is 1. The van der Waals surface area contributed by atoms with E-state index in [2.05, 4.69) is 0 Å². The number of carbonyl (C=O) groups is 2. The van der Waals surface area contributed by atoms with Crippen molar-refractivity contribution in [3.63, 3.8) is 0 Å². The summed E-state index contributed by atoms with van der Waals surface area (Å²) in [6.07, 6.45) is 2.49. The number of hydrogen-bond acceptors (Lipinski definition) is 4. The highest BCUT2D eigenvalue weighted by molar-refractivity contribution is 5.84. The van der Waals surface area contributed by atoms with Crippen molar-refractivity contribution in [3.8, 4) is 0 Å². The molecule has 1 atom stereocenters. The number of carbonyl (C=O) groups excluding carboxylic acids is 2. The van der Waals surface area contributed by atoms with Crippen molar-refractivity contribution < 1.29 is 14.3 Å². The Balaban J connectivity index is 2.12. The van der Waals surface area contributed by atoms with E-state index in [9.17, 15) is 9.59 Å². The largest absolute Gasteiger partial charge is 0.469 e. The van der Waals surface area contributed by atoms with Crippen LogP contribution in [0.1, 0.15) is 24.8 Å². The highest BCUT2D eigenvalue weighted by atomic mass is 16.5. The second kappa shape index (κ2) is 6.92. The van der Waals surface area contributed by atoms with Gasteiger partial charge in [-0.2, -0.15) is 0 Å². The second-order valence-electron chi connectivity index (χ2n) is 5.99. The average molecular weight is 304 g/mol. The number of nitrogens with zero attached hydrogens (tertiary/aromatic N) is 1. The van der Waals surface area contributed by atoms with Gasteiger partial charge in [0.25, 0.3) is 0 Å². The van der Waals surface area contributed by atoms with E-state index < -0.39 is 5.92 Å². The number of amides is 1. The van der Waals surface area contributed by atoms with Crippen molar-refractivity contribution in [2.24, 2.45) is 11.7 Å². The van der Waals surface area contributed by atoms with E-state index in [1.54, 1.807) is 11.9 Å². The van der Waals surface area contributed by atoms with Crippen LogP contribution in [-0.2, 0) is 20.7 Å². The number of esters is 1. The van der Waals surface area contributed by atoms with Gasteiger partial charge in [0.05, 0.1) is 25.0 Å². The molecule has 1 aliphatic rings. The smallest absolute Gasteiger partial charge is 0.306 e. The molecule has 0 spiro atoms. The summed E-state index contributed by atoms with van der Waals surface area (Å²) in [5.41, 5.74) is 6.63. The SMILES string of the molecule is COC(=O)C[C@@H](Cc1ccccc1)C(=O)N(C)C1(CN)CC1. The van der Waals surface area contributed by atoms with Crippen molar-refractivity contribution in [1.82, 2.24) is 4.90 Å². The first kappa shape index (κ1) is 16.5. The van der Waals surface area contributed by atoms with Crippen molar-refractivity contribution in [2.45, 2.75) is 31.2 Å². The molecule has 120 valence electrons. The predicted molar refractivity (Wildman–Crippen MR) is 84.1 cm³/mol. The Morgan fingerprint density at radius 2 is 1.95 bits per heavy atom. The normalized spacial score (nSPS) is 16.7. The molecular weight excluding hydrogens is 280 g/mol. The van der Waals surface area contributed by atoms with E-state index in [0.717, 1.165) is 18.4 Å². The van der Waals surface area contributed by atoms with Crippen LogP contribution in [0.3, 0.4) is 0 Å². The van der Waals surface area contributed by atoms with Gasteiger partial charge < -0.3 is 15.4 Å². The van der Waals surface area contributed by atoms with E-state index in [0.29, 0.717) is 13.0 Å². The van der Waals surface area contributed by atoms with Crippen LogP contribution >= 0.6 is 0 Å². The maximum Gasteiger partial charge on any atom is 0.306 e. The molecule has 1 aliphatic carbocycles. The lowest BCUT2D eigenvalue weighted by Gasteiger charge is -2.30. The molecule has 5 nitrogen and oxygen atoms in total. The summed E-state index contributed by atoms with van der Waals surface area (Å²) < 4.78 is 4.74. The van der Waals surface area contributed by atoms with Crippen molar-refractivity contribution in [3.05, 3.63) is 35.9 Å². The molecule has 0 bridgehead atoms. The van der Waals surface area contributed by atoms with Crippen LogP contribution in [0.4, 0.5) is 0 Å². The van der Waals surface area contributed by atoms with E-state index in [-0.39, 0.29) is 23.8 Å². The van der Waals surface area contributed by atoms with Crippen LogP contribution in [0.5, 0.6) is 0 Å². The summed E-state index contributed by atoms with van der Waals surface area (Å²) in [4.78, 5) is 26.2. The molecule has 2 N–H and O–H groups in total. The van der Waals surface area contributed by atoms with Crippen molar-refractivity contribution in [2.75, 3.05) is 20.7 Å². The van der Waals surface area contributed by atoms with Crippen LogP contribution in [0.15, 0.2) is 30.3 Å². The summed E-state index contributed by atoms with van der Waals surface area (Å²) in [5, 5.41) is 0. The summed E-state index contributed by atoms with van der Waals surface area (Å²) in [6, 6.07) is 9.73. The first-order chi connectivity index (χ1) is 10.5. The van der Waals surface area contributed by atoms with Crippen LogP contribution < -0.4 is 5.73 Å². The standard InChI is InChI=1S/C17H24N2O3/c1-19(17(12-18)8-9-17)16(21)14(11-15(20)22-2)10-13-6-4-3-5-7-13/h3-7,14H,8-12,18H2,1-2H3/t14-/m1/s1. The molecular formula is C17H24N2O3. The van der Waals surface area contributed by atoms with E-state index in [4.69, 9.17) is 10.5 Å². The summed E-state index contributed by atoms with van der Waals surface area (Å²) in [6.45, 7) is 0.464. The third kappa shape index (κ3) is 3.65. The molecule has 1 saturated carbocycles. The van der Waals surface area contributed by atoms with Gasteiger partial charge in [0.15, 0.2) is 0 Å². The summed E-state index contributed by atoms with van der Waals surface area (Å²) in [5.74, 6) is -0.804. The summed E-state index contributed by atoms with van der Waals surface area (Å²) >= 11 is 0. The molecule has 0 unspecified atom stereocenters. The molecule has 0 saturated heterocycles. The fourth-order valence-corrected chi connectivity index (χ4v) is 2.76. The fourth-order valence-electron chi connectivity index (χ4n) is 2.76. The Kier molecular flexibility index (Phi) is 5.19. The first-order valence-corrected chi connectivity index (χ1v) is 7.61. The van der Waals surface area contributed by atoms with Gasteiger partial charge in [-0.05, 0) is 24.8 Å². The van der Waals surface area contributed by atoms with Crippen molar-refractivity contribution in [1.29, 1.82) is 0 Å². The Bertz CT molecular complexity index is 526. The van der Waals surface area contributed by atoms with Gasteiger partial charge in [-0.25, -0.2) is 0 Å². The highest BCUT2D eigenvalue weighted by Crippen LogP contribution is 2.40. The molecule has 0 aromatic heterocycles. The number of nitrogens with two attached hydrogens (primary N) is 1. The fraction of sp³-hybridized carbons (Fsp3) is 0.529. The molecule has 2 rings (SSSR count). The summed E-state index contributed by atoms with van der Waals surface area (Å²) in [7, 11) is 3.13. The zero-order valence-electron chi connectivity index (χ0n) is 13.2. The number of ether oxygens (including phenoxy) is 1. The molecule has 0 heterocycles. The predicted octanol–water partition coefficient (Wildman–Crippen LogP) is 1.36. The first-order valence-electron chi connectivity index (χ1n) is 7.61. The molecule has 22 heavy (non-hydrogen) atoms. The molecule has 0 radical (unpaired) electrons. The Labute approximate surface area is 131 Å². The highest BCUT2D eigenvalue weighted by Gasteiger charge is 2.48. The number of methoxy groups -OCH3 is 1.